The van der Waals surface area contributed by atoms with Gasteiger partial charge in [-0.1, -0.05) is 60.7 Å². The van der Waals surface area contributed by atoms with Crippen LogP contribution in [0.1, 0.15) is 66.2 Å². The van der Waals surface area contributed by atoms with E-state index >= 15 is 4.39 Å². The van der Waals surface area contributed by atoms with Crippen LogP contribution >= 0.6 is 0 Å². The summed E-state index contributed by atoms with van der Waals surface area (Å²) in [7, 11) is 0. The van der Waals surface area contributed by atoms with Crippen molar-refractivity contribution in [3.63, 3.8) is 0 Å². The molecular formula is C38H48FGeHfN. The van der Waals surface area contributed by atoms with E-state index in [2.05, 4.69) is 115 Å². The van der Waals surface area contributed by atoms with Gasteiger partial charge in [0.05, 0.1) is 0 Å². The van der Waals surface area contributed by atoms with Crippen molar-refractivity contribution in [2.75, 3.05) is 0 Å². The second kappa shape index (κ2) is 12.1. The molecule has 0 spiro atoms. The largest absolute Gasteiger partial charge is 0.0622 e. The molecule has 3 aromatic carbocycles. The summed E-state index contributed by atoms with van der Waals surface area (Å²) in [4.78, 5) is 0. The van der Waals surface area contributed by atoms with E-state index in [9.17, 15) is 0 Å². The number of allylic oxidation sites excluding steroid dienone is 4. The van der Waals surface area contributed by atoms with Gasteiger partial charge >= 0.3 is 192 Å². The summed E-state index contributed by atoms with van der Waals surface area (Å²) < 4.78 is 26.5. The van der Waals surface area contributed by atoms with E-state index in [1.54, 1.807) is 15.5 Å². The standard InChI is InChI=1S/C12H10.C10H15FN.C9H13.C6H7Ge.CH3.Hf/c1-3-7-11(8-4-1)12-9-5-2-6-10-12;11-9-2-7-1-8(3-9)5-10(12,4-7)6-9;1-6-5-7(2)9(4)8(6)3;7-6-4-2-1-3-5-6;;/h1-10H;7-8,12H,1-6H2;6H,1-4H3;1-5H,7H2;1H3;/q;-1;;;;+1. The first-order valence-electron chi connectivity index (χ1n) is 16.1. The third-order valence-corrected chi connectivity index (χ3v) is 55.8. The summed E-state index contributed by atoms with van der Waals surface area (Å²) in [5.74, 6) is 1.85. The molecule has 4 heteroatoms. The van der Waals surface area contributed by atoms with Crippen LogP contribution in [-0.2, 0) is 17.8 Å². The molecule has 42 heavy (non-hydrogen) atoms. The fourth-order valence-corrected chi connectivity index (χ4v) is 67.7. The van der Waals surface area contributed by atoms with Crippen molar-refractivity contribution in [2.24, 2.45) is 17.8 Å². The second-order valence-electron chi connectivity index (χ2n) is 14.3. The SMILES string of the molecule is CC1=C(C)C(C)[C]([Hf]([CH3])([NH]C23CC4CC(CC(F)(C4)C2)C3)[GeH2][c]2ccccc2)=C1C.c1ccc(-c2ccccc2)cc1. The molecule has 0 saturated heterocycles. The fourth-order valence-electron chi connectivity index (χ4n) is 9.61. The Bertz CT molecular complexity index is 1420. The van der Waals surface area contributed by atoms with E-state index < -0.39 is 35.2 Å². The minimum absolute atomic E-state index is 0.104. The molecule has 4 unspecified atom stereocenters. The predicted molar refractivity (Wildman–Crippen MR) is 177 cm³/mol. The number of hydrogen-bond acceptors (Lipinski definition) is 1. The van der Waals surface area contributed by atoms with Gasteiger partial charge in [0.1, 0.15) is 0 Å². The Kier molecular flexibility index (Phi) is 8.77. The average Bonchev–Trinajstić information content (AvgIpc) is 3.15. The molecule has 5 aliphatic rings. The minimum atomic E-state index is -3.02. The number of hydrogen-bond donors (Lipinski definition) is 1. The van der Waals surface area contributed by atoms with Crippen molar-refractivity contribution in [3.05, 3.63) is 111 Å². The van der Waals surface area contributed by atoms with Crippen molar-refractivity contribution in [2.45, 2.75) is 82.1 Å². The quantitative estimate of drug-likeness (QED) is 0.247. The van der Waals surface area contributed by atoms with Crippen molar-refractivity contribution in [3.8, 4) is 11.1 Å². The topological polar surface area (TPSA) is 12.0 Å². The van der Waals surface area contributed by atoms with Crippen LogP contribution < -0.4 is 7.70 Å². The van der Waals surface area contributed by atoms with Gasteiger partial charge in [0.2, 0.25) is 0 Å². The minimum Gasteiger partial charge on any atom is -0.0622 e. The number of nitrogens with one attached hydrogen (secondary N) is 1. The van der Waals surface area contributed by atoms with Crippen molar-refractivity contribution >= 4 is 16.1 Å². The molecule has 0 heterocycles. The van der Waals surface area contributed by atoms with Gasteiger partial charge in [-0.15, -0.1) is 0 Å². The van der Waals surface area contributed by atoms with Gasteiger partial charge in [0.15, 0.2) is 0 Å². The Balaban J connectivity index is 0.000000219. The Hall–Kier alpha value is -1.56. The summed E-state index contributed by atoms with van der Waals surface area (Å²) >= 11 is -4.02. The molecule has 1 nitrogen and oxygen atoms in total. The van der Waals surface area contributed by atoms with Crippen LogP contribution in [0, 0.1) is 17.8 Å². The van der Waals surface area contributed by atoms with Gasteiger partial charge in [-0.25, -0.2) is 0 Å². The third-order valence-electron chi connectivity index (χ3n) is 11.0. The monoisotopic (exact) mass is 791 g/mol. The van der Waals surface area contributed by atoms with E-state index in [1.165, 1.54) is 36.0 Å². The molecule has 8 rings (SSSR count). The van der Waals surface area contributed by atoms with Crippen molar-refractivity contribution in [1.29, 1.82) is 0 Å². The third kappa shape index (κ3) is 6.17. The Morgan fingerprint density at radius 1 is 0.738 bits per heavy atom. The van der Waals surface area contributed by atoms with Crippen molar-refractivity contribution in [1.82, 2.24) is 3.30 Å². The number of alkyl halides is 1. The molecule has 0 amide bonds. The Morgan fingerprint density at radius 2 is 1.24 bits per heavy atom. The normalized spacial score (nSPS) is 31.4. The van der Waals surface area contributed by atoms with Gasteiger partial charge in [0, 0.05) is 0 Å². The van der Waals surface area contributed by atoms with Crippen LogP contribution in [0.3, 0.4) is 0 Å². The molecule has 4 atom stereocenters. The zero-order valence-corrected chi connectivity index (χ0v) is 32.8. The van der Waals surface area contributed by atoms with Crippen LogP contribution in [-0.4, -0.2) is 22.9 Å². The molecule has 4 saturated carbocycles. The van der Waals surface area contributed by atoms with Gasteiger partial charge in [-0.05, 0) is 11.1 Å². The molecule has 0 aliphatic heterocycles. The summed E-state index contributed by atoms with van der Waals surface area (Å²) in [6.45, 7) is 9.52. The molecule has 4 bridgehead atoms. The number of halogens is 1. The van der Waals surface area contributed by atoms with Crippen LogP contribution in [0.2, 0.25) is 4.68 Å². The first-order valence-corrected chi connectivity index (χ1v) is 39.5. The van der Waals surface area contributed by atoms with Crippen LogP contribution in [0.4, 0.5) is 4.39 Å². The summed E-state index contributed by atoms with van der Waals surface area (Å²) in [5.41, 5.74) is 6.49. The van der Waals surface area contributed by atoms with Gasteiger partial charge < -0.3 is 0 Å². The molecular weight excluding hydrogens is 741 g/mol. The first-order chi connectivity index (χ1) is 20.1. The van der Waals surface area contributed by atoms with E-state index in [-0.39, 0.29) is 5.54 Å². The average molecular weight is 789 g/mol. The van der Waals surface area contributed by atoms with Crippen LogP contribution in [0.25, 0.3) is 11.1 Å². The molecule has 3 aromatic rings. The van der Waals surface area contributed by atoms with E-state index in [0.29, 0.717) is 17.8 Å². The zero-order chi connectivity index (χ0) is 29.5. The number of rotatable bonds is 6. The molecule has 0 radical (unpaired) electrons. The smallest absolute Gasteiger partial charge is 0.0184 e. The van der Waals surface area contributed by atoms with Gasteiger partial charge in [0.25, 0.3) is 0 Å². The van der Waals surface area contributed by atoms with E-state index in [4.69, 9.17) is 0 Å². The molecule has 5 aliphatic carbocycles. The fraction of sp³-hybridized carbons (Fsp3) is 0.421. The summed E-state index contributed by atoms with van der Waals surface area (Å²) in [5, 5.41) is 0. The maximum Gasteiger partial charge on any atom is -0.0184 e. The maximum atomic E-state index is 15.8. The molecule has 220 valence electrons. The second-order valence-corrected chi connectivity index (χ2v) is 60.1. The van der Waals surface area contributed by atoms with E-state index in [0.717, 1.165) is 19.3 Å². The van der Waals surface area contributed by atoms with E-state index in [1.807, 2.05) is 15.5 Å². The maximum absolute atomic E-state index is 15.8. The Labute approximate surface area is 261 Å². The summed E-state index contributed by atoms with van der Waals surface area (Å²) in [6.07, 6.45) is 6.27. The molecule has 4 fully saturated rings. The van der Waals surface area contributed by atoms with Gasteiger partial charge in [-0.3, -0.25) is 0 Å². The summed E-state index contributed by atoms with van der Waals surface area (Å²) in [6, 6.07) is 32.2. The van der Waals surface area contributed by atoms with Crippen LogP contribution in [0.5, 0.6) is 0 Å². The predicted octanol–water partition coefficient (Wildman–Crippen LogP) is 8.78. The van der Waals surface area contributed by atoms with Crippen molar-refractivity contribution < 1.29 is 22.2 Å². The first kappa shape index (κ1) is 30.5. The zero-order valence-electron chi connectivity index (χ0n) is 26.2. The number of benzene rings is 3. The molecule has 0 aromatic heterocycles. The van der Waals surface area contributed by atoms with Gasteiger partial charge in [-0.2, -0.15) is 0 Å². The Morgan fingerprint density at radius 3 is 1.69 bits per heavy atom. The molecule has 1 N–H and O–H groups in total. The van der Waals surface area contributed by atoms with Crippen LogP contribution in [0.15, 0.2) is 111 Å².